The lowest BCUT2D eigenvalue weighted by Crippen LogP contribution is -2.14. The Morgan fingerprint density at radius 1 is 1.26 bits per heavy atom. The SMILES string of the molecule is CCOC(=O)c1csc(-n2nc(-c3cccc(Br)c3)c(Cc3ccc(S(N)(=O)=O)c(F)c3)c2CC2CC2)n1. The first-order valence-corrected chi connectivity index (χ1v) is 15.2. The Morgan fingerprint density at radius 3 is 2.71 bits per heavy atom. The van der Waals surface area contributed by atoms with Gasteiger partial charge in [-0.05, 0) is 61.9 Å². The van der Waals surface area contributed by atoms with Crippen LogP contribution in [0.2, 0.25) is 0 Å². The molecule has 12 heteroatoms. The van der Waals surface area contributed by atoms with E-state index < -0.39 is 26.7 Å². The minimum atomic E-state index is -4.18. The molecule has 38 heavy (non-hydrogen) atoms. The smallest absolute Gasteiger partial charge is 0.357 e. The van der Waals surface area contributed by atoms with Gasteiger partial charge in [-0.2, -0.15) is 5.10 Å². The quantitative estimate of drug-likeness (QED) is 0.256. The maximum absolute atomic E-state index is 14.7. The number of hydrogen-bond donors (Lipinski definition) is 1. The molecular formula is C26H24BrFN4O4S2. The summed E-state index contributed by atoms with van der Waals surface area (Å²) in [5.41, 5.74) is 4.15. The van der Waals surface area contributed by atoms with Crippen molar-refractivity contribution in [3.05, 3.63) is 80.6 Å². The summed E-state index contributed by atoms with van der Waals surface area (Å²) in [6, 6.07) is 11.7. The highest BCUT2D eigenvalue weighted by atomic mass is 79.9. The molecular weight excluding hydrogens is 595 g/mol. The summed E-state index contributed by atoms with van der Waals surface area (Å²) in [6.07, 6.45) is 3.24. The predicted octanol–water partition coefficient (Wildman–Crippen LogP) is 5.26. The van der Waals surface area contributed by atoms with Crippen molar-refractivity contribution in [3.63, 3.8) is 0 Å². The van der Waals surface area contributed by atoms with Crippen molar-refractivity contribution in [2.45, 2.75) is 37.5 Å². The Kier molecular flexibility index (Phi) is 7.49. The third kappa shape index (κ3) is 5.73. The van der Waals surface area contributed by atoms with Crippen LogP contribution in [0.5, 0.6) is 0 Å². The first-order valence-electron chi connectivity index (χ1n) is 11.9. The summed E-state index contributed by atoms with van der Waals surface area (Å²) in [7, 11) is -4.18. The normalized spacial score (nSPS) is 13.6. The Balaban J connectivity index is 1.65. The molecule has 1 fully saturated rings. The van der Waals surface area contributed by atoms with Crippen molar-refractivity contribution in [2.75, 3.05) is 6.61 Å². The average molecular weight is 620 g/mol. The van der Waals surface area contributed by atoms with Gasteiger partial charge in [-0.1, -0.05) is 34.1 Å². The molecule has 4 aromatic rings. The molecule has 0 saturated heterocycles. The fourth-order valence-corrected chi connectivity index (χ4v) is 6.01. The molecule has 5 rings (SSSR count). The number of rotatable bonds is 9. The van der Waals surface area contributed by atoms with Crippen LogP contribution in [0.1, 0.15) is 47.1 Å². The van der Waals surface area contributed by atoms with Gasteiger partial charge in [0.1, 0.15) is 10.7 Å². The van der Waals surface area contributed by atoms with Crippen molar-refractivity contribution >= 4 is 43.3 Å². The van der Waals surface area contributed by atoms with Gasteiger partial charge >= 0.3 is 5.97 Å². The highest BCUT2D eigenvalue weighted by molar-refractivity contribution is 9.10. The monoisotopic (exact) mass is 618 g/mol. The number of ether oxygens (including phenoxy) is 1. The van der Waals surface area contributed by atoms with Crippen molar-refractivity contribution < 1.29 is 22.3 Å². The van der Waals surface area contributed by atoms with Crippen molar-refractivity contribution in [2.24, 2.45) is 11.1 Å². The van der Waals surface area contributed by atoms with Gasteiger partial charge < -0.3 is 4.74 Å². The zero-order valence-electron chi connectivity index (χ0n) is 20.4. The standard InChI is InChI=1S/C26H24BrFN4O4S2/c1-2-36-25(33)21-14-37-26(30-21)32-22(12-15-6-7-15)19(24(31-32)17-4-3-5-18(27)13-17)10-16-8-9-23(20(28)11-16)38(29,34)35/h3-5,8-9,11,13-15H,2,6-7,10,12H2,1H3,(H2,29,34,35). The van der Waals surface area contributed by atoms with Crippen molar-refractivity contribution in [1.29, 1.82) is 0 Å². The summed E-state index contributed by atoms with van der Waals surface area (Å²) >= 11 is 4.82. The molecule has 2 heterocycles. The maximum Gasteiger partial charge on any atom is 0.357 e. The van der Waals surface area contributed by atoms with Gasteiger partial charge in [-0.25, -0.2) is 32.4 Å². The lowest BCUT2D eigenvalue weighted by Gasteiger charge is -2.10. The Labute approximate surface area is 231 Å². The number of nitrogens with zero attached hydrogens (tertiary/aromatic N) is 3. The van der Waals surface area contributed by atoms with Crippen LogP contribution in [-0.2, 0) is 27.6 Å². The third-order valence-corrected chi connectivity index (χ3v) is 8.46. The number of primary sulfonamides is 1. The number of thiazole rings is 1. The highest BCUT2D eigenvalue weighted by Gasteiger charge is 2.29. The van der Waals surface area contributed by atoms with Crippen LogP contribution in [0, 0.1) is 11.7 Å². The van der Waals surface area contributed by atoms with Gasteiger partial charge in [0.15, 0.2) is 5.69 Å². The van der Waals surface area contributed by atoms with Gasteiger partial charge in [-0.15, -0.1) is 11.3 Å². The van der Waals surface area contributed by atoms with Gasteiger partial charge in [0, 0.05) is 27.4 Å². The molecule has 0 atom stereocenters. The topological polar surface area (TPSA) is 117 Å². The van der Waals surface area contributed by atoms with E-state index in [-0.39, 0.29) is 12.3 Å². The molecule has 0 unspecified atom stereocenters. The van der Waals surface area contributed by atoms with Crippen LogP contribution in [0.4, 0.5) is 4.39 Å². The van der Waals surface area contributed by atoms with Crippen molar-refractivity contribution in [1.82, 2.24) is 14.8 Å². The van der Waals surface area contributed by atoms with Crippen LogP contribution < -0.4 is 5.14 Å². The van der Waals surface area contributed by atoms with Gasteiger partial charge in [-0.3, -0.25) is 0 Å². The number of carbonyl (C=O) groups is 1. The molecule has 0 aliphatic heterocycles. The molecule has 0 amide bonds. The maximum atomic E-state index is 14.7. The zero-order chi connectivity index (χ0) is 27.0. The van der Waals surface area contributed by atoms with Crippen LogP contribution in [0.3, 0.4) is 0 Å². The molecule has 2 aromatic heterocycles. The number of nitrogens with two attached hydrogens (primary N) is 1. The second-order valence-corrected chi connectivity index (χ2v) is 12.3. The highest BCUT2D eigenvalue weighted by Crippen LogP contribution is 2.38. The molecule has 1 aliphatic carbocycles. The van der Waals surface area contributed by atoms with Crippen LogP contribution >= 0.6 is 27.3 Å². The van der Waals surface area contributed by atoms with Crippen LogP contribution in [0.25, 0.3) is 16.4 Å². The van der Waals surface area contributed by atoms with Gasteiger partial charge in [0.05, 0.1) is 18.0 Å². The van der Waals surface area contributed by atoms with Crippen LogP contribution in [0.15, 0.2) is 57.2 Å². The Morgan fingerprint density at radius 2 is 2.05 bits per heavy atom. The number of sulfonamides is 1. The van der Waals surface area contributed by atoms with E-state index in [1.165, 1.54) is 23.5 Å². The second kappa shape index (κ2) is 10.7. The first-order chi connectivity index (χ1) is 18.1. The summed E-state index contributed by atoms with van der Waals surface area (Å²) in [5, 5.41) is 12.3. The van der Waals surface area contributed by atoms with E-state index in [0.29, 0.717) is 28.7 Å². The summed E-state index contributed by atoms with van der Waals surface area (Å²) in [4.78, 5) is 16.2. The van der Waals surface area contributed by atoms with Crippen LogP contribution in [-0.4, -0.2) is 35.8 Å². The van der Waals surface area contributed by atoms with E-state index in [4.69, 9.17) is 15.0 Å². The van der Waals surface area contributed by atoms with E-state index in [0.717, 1.165) is 40.6 Å². The largest absolute Gasteiger partial charge is 0.461 e. The first kappa shape index (κ1) is 26.7. The number of aromatic nitrogens is 3. The van der Waals surface area contributed by atoms with Gasteiger partial charge in [0.25, 0.3) is 0 Å². The fraction of sp³-hybridized carbons (Fsp3) is 0.269. The molecule has 1 aliphatic rings. The molecule has 0 bridgehead atoms. The molecule has 0 spiro atoms. The van der Waals surface area contributed by atoms with E-state index >= 15 is 0 Å². The molecule has 1 saturated carbocycles. The molecule has 198 valence electrons. The number of esters is 1. The zero-order valence-corrected chi connectivity index (χ0v) is 23.6. The number of benzene rings is 2. The van der Waals surface area contributed by atoms with Crippen molar-refractivity contribution in [3.8, 4) is 16.4 Å². The molecule has 2 N–H and O–H groups in total. The minimum absolute atomic E-state index is 0.214. The minimum Gasteiger partial charge on any atom is -0.461 e. The lowest BCUT2D eigenvalue weighted by atomic mass is 9.97. The van der Waals surface area contributed by atoms with E-state index in [1.807, 2.05) is 24.3 Å². The Hall–Kier alpha value is -2.93. The fourth-order valence-electron chi connectivity index (χ4n) is 4.25. The number of carbonyl (C=O) groups excluding carboxylic acids is 1. The lowest BCUT2D eigenvalue weighted by molar-refractivity contribution is 0.0520. The molecule has 8 nitrogen and oxygen atoms in total. The predicted molar refractivity (Wildman–Crippen MR) is 145 cm³/mol. The summed E-state index contributed by atoms with van der Waals surface area (Å²) < 4.78 is 45.9. The average Bonchev–Trinajstić information content (AvgIpc) is 3.41. The van der Waals surface area contributed by atoms with E-state index in [1.54, 1.807) is 23.1 Å². The number of halogens is 2. The summed E-state index contributed by atoms with van der Waals surface area (Å²) in [5.74, 6) is -0.904. The van der Waals surface area contributed by atoms with E-state index in [9.17, 15) is 17.6 Å². The molecule has 2 aromatic carbocycles. The summed E-state index contributed by atoms with van der Waals surface area (Å²) in [6.45, 7) is 1.99. The third-order valence-electron chi connectivity index (χ3n) is 6.21. The second-order valence-electron chi connectivity index (χ2n) is 9.07. The van der Waals surface area contributed by atoms with E-state index in [2.05, 4.69) is 20.9 Å². The molecule has 0 radical (unpaired) electrons. The Bertz CT molecular complexity index is 1630. The number of hydrogen-bond acceptors (Lipinski definition) is 7. The van der Waals surface area contributed by atoms with Gasteiger partial charge in [0.2, 0.25) is 15.2 Å².